The first-order chi connectivity index (χ1) is 11.5. The lowest BCUT2D eigenvalue weighted by Crippen LogP contribution is -2.25. The van der Waals surface area contributed by atoms with Crippen molar-refractivity contribution in [3.8, 4) is 0 Å². The van der Waals surface area contributed by atoms with Crippen LogP contribution in [0.3, 0.4) is 0 Å². The third kappa shape index (κ3) is 2.89. The number of fused-ring (bicyclic) bond motifs is 1. The lowest BCUT2D eigenvalue weighted by Gasteiger charge is -2.08. The van der Waals surface area contributed by atoms with Gasteiger partial charge in [-0.3, -0.25) is 19.5 Å². The highest BCUT2D eigenvalue weighted by atomic mass is 16.6. The van der Waals surface area contributed by atoms with Gasteiger partial charge in [-0.1, -0.05) is 18.2 Å². The molecule has 0 unspecified atom stereocenters. The summed E-state index contributed by atoms with van der Waals surface area (Å²) in [6.07, 6.45) is 0. The number of aryl methyl sites for hydroxylation is 1. The van der Waals surface area contributed by atoms with Crippen LogP contribution in [0.5, 0.6) is 0 Å². The Labute approximate surface area is 135 Å². The maximum Gasteiger partial charge on any atom is 0.420 e. The number of oxazole rings is 1. The Morgan fingerprint density at radius 2 is 2.04 bits per heavy atom. The molecule has 0 bridgehead atoms. The fraction of sp³-hybridized carbons (Fsp3) is 0.125. The number of non-ortho nitro benzene ring substituents is 1. The fourth-order valence-electron chi connectivity index (χ4n) is 2.36. The van der Waals surface area contributed by atoms with Crippen LogP contribution in [0, 0.1) is 17.0 Å². The molecule has 2 aromatic carbocycles. The molecule has 0 radical (unpaired) electrons. The van der Waals surface area contributed by atoms with E-state index in [-0.39, 0.29) is 17.8 Å². The molecular formula is C16H13N3O5. The van der Waals surface area contributed by atoms with Gasteiger partial charge in [-0.25, -0.2) is 4.79 Å². The summed E-state index contributed by atoms with van der Waals surface area (Å²) in [5.41, 5.74) is 1.75. The van der Waals surface area contributed by atoms with Gasteiger partial charge in [0.05, 0.1) is 16.5 Å². The summed E-state index contributed by atoms with van der Waals surface area (Å²) in [7, 11) is 0. The molecule has 0 atom stereocenters. The van der Waals surface area contributed by atoms with E-state index in [1.54, 1.807) is 12.1 Å². The topological polar surface area (TPSA) is 107 Å². The van der Waals surface area contributed by atoms with Crippen molar-refractivity contribution in [3.05, 3.63) is 68.7 Å². The Bertz CT molecular complexity index is 1000. The van der Waals surface area contributed by atoms with E-state index in [0.29, 0.717) is 11.2 Å². The number of rotatable bonds is 4. The van der Waals surface area contributed by atoms with Gasteiger partial charge in [0.25, 0.3) is 5.69 Å². The van der Waals surface area contributed by atoms with Gasteiger partial charge >= 0.3 is 5.76 Å². The highest BCUT2D eigenvalue weighted by Gasteiger charge is 2.16. The highest BCUT2D eigenvalue weighted by molar-refractivity contribution is 5.92. The average molecular weight is 327 g/mol. The monoisotopic (exact) mass is 327 g/mol. The molecular weight excluding hydrogens is 314 g/mol. The number of nitrogens with one attached hydrogen (secondary N) is 1. The zero-order valence-corrected chi connectivity index (χ0v) is 12.7. The van der Waals surface area contributed by atoms with E-state index in [9.17, 15) is 19.7 Å². The number of nitrogens with zero attached hydrogens (tertiary/aromatic N) is 2. The number of hydrogen-bond acceptors (Lipinski definition) is 5. The minimum atomic E-state index is -0.745. The molecule has 0 aliphatic carbocycles. The fourth-order valence-corrected chi connectivity index (χ4v) is 2.36. The summed E-state index contributed by atoms with van der Waals surface area (Å²) >= 11 is 0. The van der Waals surface area contributed by atoms with Crippen molar-refractivity contribution in [1.29, 1.82) is 0 Å². The largest absolute Gasteiger partial charge is 0.420 e. The number of hydrogen-bond donors (Lipinski definition) is 1. The number of aromatic nitrogens is 1. The minimum Gasteiger partial charge on any atom is -0.407 e. The van der Waals surface area contributed by atoms with Gasteiger partial charge in [-0.2, -0.15) is 0 Å². The summed E-state index contributed by atoms with van der Waals surface area (Å²) in [5.74, 6) is -1.14. The zero-order valence-electron chi connectivity index (χ0n) is 12.7. The molecule has 8 nitrogen and oxygen atoms in total. The predicted molar refractivity (Wildman–Crippen MR) is 86.9 cm³/mol. The van der Waals surface area contributed by atoms with E-state index in [1.807, 2.05) is 19.1 Å². The minimum absolute atomic E-state index is 0.0675. The Morgan fingerprint density at radius 3 is 2.75 bits per heavy atom. The molecule has 1 heterocycles. The Hall–Kier alpha value is -3.42. The Kier molecular flexibility index (Phi) is 3.87. The van der Waals surface area contributed by atoms with E-state index in [4.69, 9.17) is 4.42 Å². The standard InChI is InChI=1S/C16H13N3O5/c1-10-4-2-3-5-12(10)17-15(20)9-18-13-7-6-11(19(22)23)8-14(13)24-16(18)21/h2-8H,9H2,1H3,(H,17,20). The summed E-state index contributed by atoms with van der Waals surface area (Å²) in [5, 5.41) is 13.5. The highest BCUT2D eigenvalue weighted by Crippen LogP contribution is 2.20. The average Bonchev–Trinajstić information content (AvgIpc) is 2.84. The molecule has 0 saturated carbocycles. The second-order valence-electron chi connectivity index (χ2n) is 5.23. The lowest BCUT2D eigenvalue weighted by atomic mass is 10.2. The molecule has 3 rings (SSSR count). The summed E-state index contributed by atoms with van der Waals surface area (Å²) in [6, 6.07) is 11.1. The molecule has 1 aromatic heterocycles. The molecule has 122 valence electrons. The molecule has 0 aliphatic rings. The van der Waals surface area contributed by atoms with E-state index in [0.717, 1.165) is 16.2 Å². The number of para-hydroxylation sites is 1. The van der Waals surface area contributed by atoms with Crippen molar-refractivity contribution in [2.75, 3.05) is 5.32 Å². The van der Waals surface area contributed by atoms with Crippen LogP contribution in [0.25, 0.3) is 11.1 Å². The first-order valence-corrected chi connectivity index (χ1v) is 7.09. The van der Waals surface area contributed by atoms with Gasteiger partial charge < -0.3 is 9.73 Å². The van der Waals surface area contributed by atoms with E-state index >= 15 is 0 Å². The summed E-state index contributed by atoms with van der Waals surface area (Å²) < 4.78 is 6.12. The first kappa shape index (κ1) is 15.5. The maximum atomic E-state index is 12.2. The van der Waals surface area contributed by atoms with Gasteiger partial charge in [0.2, 0.25) is 5.91 Å². The second kappa shape index (κ2) is 5.99. The number of nitro benzene ring substituents is 1. The molecule has 0 fully saturated rings. The Balaban J connectivity index is 1.88. The molecule has 1 N–H and O–H groups in total. The van der Waals surface area contributed by atoms with Crippen molar-refractivity contribution >= 4 is 28.4 Å². The van der Waals surface area contributed by atoms with Crippen LogP contribution >= 0.6 is 0 Å². The quantitative estimate of drug-likeness (QED) is 0.585. The molecule has 8 heteroatoms. The van der Waals surface area contributed by atoms with Gasteiger partial charge in [0, 0.05) is 11.8 Å². The lowest BCUT2D eigenvalue weighted by molar-refractivity contribution is -0.384. The molecule has 0 spiro atoms. The van der Waals surface area contributed by atoms with Gasteiger partial charge in [-0.15, -0.1) is 0 Å². The Morgan fingerprint density at radius 1 is 1.29 bits per heavy atom. The normalized spacial score (nSPS) is 10.7. The van der Waals surface area contributed by atoms with E-state index in [2.05, 4.69) is 5.32 Å². The van der Waals surface area contributed by atoms with Crippen molar-refractivity contribution in [1.82, 2.24) is 4.57 Å². The predicted octanol–water partition coefficient (Wildman–Crippen LogP) is 2.45. The van der Waals surface area contributed by atoms with Crippen molar-refractivity contribution in [3.63, 3.8) is 0 Å². The van der Waals surface area contributed by atoms with Crippen LogP contribution in [-0.2, 0) is 11.3 Å². The zero-order chi connectivity index (χ0) is 17.3. The van der Waals surface area contributed by atoms with Crippen LogP contribution in [0.1, 0.15) is 5.56 Å². The summed E-state index contributed by atoms with van der Waals surface area (Å²) in [6.45, 7) is 1.60. The van der Waals surface area contributed by atoms with Gasteiger partial charge in [0.1, 0.15) is 6.54 Å². The van der Waals surface area contributed by atoms with Crippen LogP contribution in [0.2, 0.25) is 0 Å². The van der Waals surface area contributed by atoms with Crippen molar-refractivity contribution in [2.24, 2.45) is 0 Å². The van der Waals surface area contributed by atoms with Crippen molar-refractivity contribution in [2.45, 2.75) is 13.5 Å². The van der Waals surface area contributed by atoms with Crippen LogP contribution in [0.15, 0.2) is 51.7 Å². The van der Waals surface area contributed by atoms with Gasteiger partial charge in [-0.05, 0) is 24.6 Å². The number of anilines is 1. The molecule has 1 amide bonds. The van der Waals surface area contributed by atoms with E-state index in [1.165, 1.54) is 12.1 Å². The first-order valence-electron chi connectivity index (χ1n) is 7.09. The number of benzene rings is 2. The number of amides is 1. The number of nitro groups is 1. The second-order valence-corrected chi connectivity index (χ2v) is 5.23. The molecule has 0 saturated heterocycles. The SMILES string of the molecule is Cc1ccccc1NC(=O)Cn1c(=O)oc2cc([N+](=O)[O-])ccc21. The number of carbonyl (C=O) groups is 1. The third-order valence-electron chi connectivity index (χ3n) is 3.58. The summed E-state index contributed by atoms with van der Waals surface area (Å²) in [4.78, 5) is 34.3. The smallest absolute Gasteiger partial charge is 0.407 e. The molecule has 24 heavy (non-hydrogen) atoms. The molecule has 3 aromatic rings. The number of carbonyl (C=O) groups excluding carboxylic acids is 1. The van der Waals surface area contributed by atoms with Crippen LogP contribution in [-0.4, -0.2) is 15.4 Å². The van der Waals surface area contributed by atoms with Gasteiger partial charge in [0.15, 0.2) is 5.58 Å². The van der Waals surface area contributed by atoms with Crippen molar-refractivity contribution < 1.29 is 14.1 Å². The van der Waals surface area contributed by atoms with Crippen LogP contribution < -0.4 is 11.1 Å². The van der Waals surface area contributed by atoms with E-state index < -0.39 is 16.6 Å². The van der Waals surface area contributed by atoms with Crippen LogP contribution in [0.4, 0.5) is 11.4 Å². The third-order valence-corrected chi connectivity index (χ3v) is 3.58. The maximum absolute atomic E-state index is 12.2. The molecule has 0 aliphatic heterocycles.